The van der Waals surface area contributed by atoms with E-state index < -0.39 is 0 Å². The van der Waals surface area contributed by atoms with Gasteiger partial charge in [-0.2, -0.15) is 0 Å². The van der Waals surface area contributed by atoms with Crippen molar-refractivity contribution in [3.8, 4) is 5.75 Å². The molecule has 1 atom stereocenters. The number of hydrogen-bond donors (Lipinski definition) is 0. The van der Waals surface area contributed by atoms with E-state index in [0.29, 0.717) is 18.6 Å². The van der Waals surface area contributed by atoms with Gasteiger partial charge in [0.2, 0.25) is 0 Å². The second-order valence-corrected chi connectivity index (χ2v) is 8.57. The first-order valence-electron chi connectivity index (χ1n) is 11.0. The normalized spacial score (nSPS) is 16.0. The Morgan fingerprint density at radius 1 is 1.03 bits per heavy atom. The average molecular weight is 392 g/mol. The Morgan fingerprint density at radius 2 is 1.79 bits per heavy atom. The number of imidazole rings is 1. The molecule has 0 amide bonds. The highest BCUT2D eigenvalue weighted by Gasteiger charge is 2.24. The second kappa shape index (κ2) is 8.58. The molecule has 4 heteroatoms. The average Bonchev–Trinajstić information content (AvgIpc) is 3.36. The summed E-state index contributed by atoms with van der Waals surface area (Å²) in [4.78, 5) is 7.56. The van der Waals surface area contributed by atoms with Gasteiger partial charge in [-0.15, -0.1) is 0 Å². The van der Waals surface area contributed by atoms with E-state index in [1.165, 1.54) is 42.6 Å². The predicted octanol–water partition coefficient (Wildman–Crippen LogP) is 5.70. The highest BCUT2D eigenvalue weighted by atomic mass is 16.5. The van der Waals surface area contributed by atoms with Crippen LogP contribution in [0.25, 0.3) is 11.0 Å². The van der Waals surface area contributed by atoms with Gasteiger partial charge in [-0.05, 0) is 75.0 Å². The molecule has 0 aliphatic carbocycles. The summed E-state index contributed by atoms with van der Waals surface area (Å²) in [5.41, 5.74) is 4.79. The molecule has 154 valence electrons. The van der Waals surface area contributed by atoms with E-state index in [1.807, 2.05) is 0 Å². The number of para-hydroxylation sites is 2. The van der Waals surface area contributed by atoms with Gasteiger partial charge >= 0.3 is 0 Å². The Kier molecular flexibility index (Phi) is 5.91. The van der Waals surface area contributed by atoms with E-state index in [2.05, 4.69) is 79.6 Å². The number of nitrogens with zero attached hydrogens (tertiary/aromatic N) is 3. The van der Waals surface area contributed by atoms with Gasteiger partial charge in [0.1, 0.15) is 18.2 Å². The Bertz CT molecular complexity index is 969. The first-order valence-corrected chi connectivity index (χ1v) is 11.0. The molecule has 0 spiro atoms. The maximum atomic E-state index is 6.30. The summed E-state index contributed by atoms with van der Waals surface area (Å²) in [7, 11) is 0. The van der Waals surface area contributed by atoms with Crippen LogP contribution in [-0.4, -0.2) is 34.1 Å². The van der Waals surface area contributed by atoms with Gasteiger partial charge in [0.25, 0.3) is 0 Å². The first kappa shape index (κ1) is 20.0. The van der Waals surface area contributed by atoms with Gasteiger partial charge in [-0.25, -0.2) is 4.98 Å². The SMILES string of the molecule is Cc1ccc(C(C)C)c(OCCn2c(C(C)N3CCCC3)nc3ccccc32)c1. The third-order valence-corrected chi connectivity index (χ3v) is 6.11. The van der Waals surface area contributed by atoms with Crippen LogP contribution in [0, 0.1) is 6.92 Å². The minimum atomic E-state index is 0.329. The number of fused-ring (bicyclic) bond motifs is 1. The summed E-state index contributed by atoms with van der Waals surface area (Å²) >= 11 is 0. The fraction of sp³-hybridized carbons (Fsp3) is 0.480. The molecule has 2 heterocycles. The molecule has 1 saturated heterocycles. The molecule has 0 radical (unpaired) electrons. The fourth-order valence-electron chi connectivity index (χ4n) is 4.43. The summed E-state index contributed by atoms with van der Waals surface area (Å²) in [6.07, 6.45) is 2.58. The zero-order valence-corrected chi connectivity index (χ0v) is 18.2. The van der Waals surface area contributed by atoms with E-state index in [0.717, 1.165) is 23.6 Å². The zero-order chi connectivity index (χ0) is 20.4. The molecule has 1 aliphatic heterocycles. The lowest BCUT2D eigenvalue weighted by atomic mass is 10.0. The maximum absolute atomic E-state index is 6.30. The number of hydrogen-bond acceptors (Lipinski definition) is 3. The highest BCUT2D eigenvalue weighted by Crippen LogP contribution is 2.29. The smallest absolute Gasteiger partial charge is 0.127 e. The molecule has 0 bridgehead atoms. The first-order chi connectivity index (χ1) is 14.0. The predicted molar refractivity (Wildman–Crippen MR) is 120 cm³/mol. The highest BCUT2D eigenvalue weighted by molar-refractivity contribution is 5.76. The van der Waals surface area contributed by atoms with Crippen molar-refractivity contribution in [3.05, 3.63) is 59.4 Å². The van der Waals surface area contributed by atoms with Crippen molar-refractivity contribution in [2.45, 2.75) is 59.0 Å². The van der Waals surface area contributed by atoms with Gasteiger partial charge in [0, 0.05) is 0 Å². The van der Waals surface area contributed by atoms with E-state index in [-0.39, 0.29) is 0 Å². The summed E-state index contributed by atoms with van der Waals surface area (Å²) in [5, 5.41) is 0. The topological polar surface area (TPSA) is 30.3 Å². The number of benzene rings is 2. The van der Waals surface area contributed by atoms with Crippen molar-refractivity contribution in [3.63, 3.8) is 0 Å². The molecular formula is C25H33N3O. The fourth-order valence-corrected chi connectivity index (χ4v) is 4.43. The van der Waals surface area contributed by atoms with Crippen molar-refractivity contribution < 1.29 is 4.74 Å². The van der Waals surface area contributed by atoms with Crippen LogP contribution in [0.15, 0.2) is 42.5 Å². The molecule has 3 aromatic rings. The number of rotatable bonds is 7. The molecule has 4 rings (SSSR count). The molecular weight excluding hydrogens is 358 g/mol. The van der Waals surface area contributed by atoms with Crippen LogP contribution in [0.2, 0.25) is 0 Å². The van der Waals surface area contributed by atoms with Crippen LogP contribution in [0.5, 0.6) is 5.75 Å². The summed E-state index contributed by atoms with van der Waals surface area (Å²) in [5.74, 6) is 2.62. The van der Waals surface area contributed by atoms with Gasteiger partial charge in [0.05, 0.1) is 23.6 Å². The Morgan fingerprint density at radius 3 is 2.55 bits per heavy atom. The summed E-state index contributed by atoms with van der Waals surface area (Å²) < 4.78 is 8.66. The van der Waals surface area contributed by atoms with Crippen molar-refractivity contribution in [2.75, 3.05) is 19.7 Å². The molecule has 29 heavy (non-hydrogen) atoms. The van der Waals surface area contributed by atoms with Crippen LogP contribution >= 0.6 is 0 Å². The number of aromatic nitrogens is 2. The molecule has 1 aliphatic rings. The molecule has 1 fully saturated rings. The zero-order valence-electron chi connectivity index (χ0n) is 18.2. The van der Waals surface area contributed by atoms with E-state index in [9.17, 15) is 0 Å². The van der Waals surface area contributed by atoms with Gasteiger partial charge in [-0.3, -0.25) is 4.90 Å². The maximum Gasteiger partial charge on any atom is 0.127 e. The van der Waals surface area contributed by atoms with Gasteiger partial charge in [-0.1, -0.05) is 38.1 Å². The number of likely N-dealkylation sites (tertiary alicyclic amines) is 1. The molecule has 2 aromatic carbocycles. The van der Waals surface area contributed by atoms with Crippen molar-refractivity contribution in [1.82, 2.24) is 14.5 Å². The standard InChI is InChI=1S/C25H33N3O/c1-18(2)21-12-11-19(3)17-24(21)29-16-15-28-23-10-6-5-9-22(23)26-25(28)20(4)27-13-7-8-14-27/h5-6,9-12,17-18,20H,7-8,13-16H2,1-4H3. The third kappa shape index (κ3) is 4.18. The van der Waals surface area contributed by atoms with Gasteiger partial charge < -0.3 is 9.30 Å². The Balaban J connectivity index is 1.58. The lowest BCUT2D eigenvalue weighted by Crippen LogP contribution is -2.26. The van der Waals surface area contributed by atoms with Crippen LogP contribution < -0.4 is 4.74 Å². The van der Waals surface area contributed by atoms with Crippen LogP contribution in [0.3, 0.4) is 0 Å². The summed E-state index contributed by atoms with van der Waals surface area (Å²) in [6.45, 7) is 12.6. The third-order valence-electron chi connectivity index (χ3n) is 6.11. The minimum absolute atomic E-state index is 0.329. The second-order valence-electron chi connectivity index (χ2n) is 8.57. The van der Waals surface area contributed by atoms with Crippen molar-refractivity contribution in [2.24, 2.45) is 0 Å². The van der Waals surface area contributed by atoms with Crippen molar-refractivity contribution in [1.29, 1.82) is 0 Å². The van der Waals surface area contributed by atoms with E-state index in [4.69, 9.17) is 9.72 Å². The Hall–Kier alpha value is -2.33. The molecule has 0 saturated carbocycles. The van der Waals surface area contributed by atoms with Crippen molar-refractivity contribution >= 4 is 11.0 Å². The molecule has 4 nitrogen and oxygen atoms in total. The number of aryl methyl sites for hydroxylation is 1. The van der Waals surface area contributed by atoms with E-state index >= 15 is 0 Å². The lowest BCUT2D eigenvalue weighted by Gasteiger charge is -2.24. The monoisotopic (exact) mass is 391 g/mol. The van der Waals surface area contributed by atoms with Gasteiger partial charge in [0.15, 0.2) is 0 Å². The van der Waals surface area contributed by atoms with E-state index in [1.54, 1.807) is 0 Å². The summed E-state index contributed by atoms with van der Waals surface area (Å²) in [6, 6.07) is 15.3. The van der Waals surface area contributed by atoms with Crippen LogP contribution in [0.1, 0.15) is 62.5 Å². The minimum Gasteiger partial charge on any atom is -0.491 e. The van der Waals surface area contributed by atoms with Crippen LogP contribution in [0.4, 0.5) is 0 Å². The quantitative estimate of drug-likeness (QED) is 0.517. The molecule has 1 unspecified atom stereocenters. The number of ether oxygens (including phenoxy) is 1. The lowest BCUT2D eigenvalue weighted by molar-refractivity contribution is 0.241. The molecule has 1 aromatic heterocycles. The van der Waals surface area contributed by atoms with Crippen LogP contribution in [-0.2, 0) is 6.54 Å². The Labute approximate surface area is 174 Å². The largest absolute Gasteiger partial charge is 0.491 e. The molecule has 0 N–H and O–H groups in total.